The van der Waals surface area contributed by atoms with Crippen molar-refractivity contribution < 1.29 is 0 Å². The van der Waals surface area contributed by atoms with Gasteiger partial charge in [-0.05, 0) is 74.2 Å². The Balaban J connectivity index is 1.66. The Hall–Kier alpha value is -1.04. The van der Waals surface area contributed by atoms with E-state index in [2.05, 4.69) is 43.3 Å². The van der Waals surface area contributed by atoms with Gasteiger partial charge in [-0.3, -0.25) is 0 Å². The van der Waals surface area contributed by atoms with E-state index in [1.54, 1.807) is 5.57 Å². The van der Waals surface area contributed by atoms with Crippen LogP contribution in [0.3, 0.4) is 0 Å². The first-order chi connectivity index (χ1) is 9.23. The first kappa shape index (κ1) is 11.8. The SMILES string of the molecule is C/C(=C/c1ccccc1)C12CC3CC(CC(C3)C1)C2. The summed E-state index contributed by atoms with van der Waals surface area (Å²) < 4.78 is 0. The van der Waals surface area contributed by atoms with Crippen molar-refractivity contribution in [2.75, 3.05) is 0 Å². The lowest BCUT2D eigenvalue weighted by molar-refractivity contribution is -0.0298. The minimum absolute atomic E-state index is 0.574. The molecule has 0 aromatic heterocycles. The topological polar surface area (TPSA) is 0 Å². The first-order valence-electron chi connectivity index (χ1n) is 7.97. The Bertz CT molecular complexity index is 459. The fraction of sp³-hybridized carbons (Fsp3) is 0.579. The highest BCUT2D eigenvalue weighted by Crippen LogP contribution is 2.62. The minimum atomic E-state index is 0.574. The van der Waals surface area contributed by atoms with Crippen molar-refractivity contribution in [1.82, 2.24) is 0 Å². The highest BCUT2D eigenvalue weighted by Gasteiger charge is 2.51. The molecule has 4 aliphatic rings. The molecule has 1 aromatic carbocycles. The molecule has 0 heterocycles. The standard InChI is InChI=1S/C19H24/c1-14(7-15-5-3-2-4-6-15)19-11-16-8-17(12-19)10-18(9-16)13-19/h2-7,16-18H,8-13H2,1H3/b14-7-. The van der Waals surface area contributed by atoms with Crippen LogP contribution in [0.25, 0.3) is 6.08 Å². The van der Waals surface area contributed by atoms with Gasteiger partial charge in [-0.1, -0.05) is 42.0 Å². The van der Waals surface area contributed by atoms with Crippen molar-refractivity contribution in [3.05, 3.63) is 41.5 Å². The summed E-state index contributed by atoms with van der Waals surface area (Å²) in [5.74, 6) is 3.14. The Labute approximate surface area is 116 Å². The van der Waals surface area contributed by atoms with Crippen molar-refractivity contribution >= 4 is 6.08 Å². The lowest BCUT2D eigenvalue weighted by atomic mass is 9.48. The fourth-order valence-electron chi connectivity index (χ4n) is 5.55. The van der Waals surface area contributed by atoms with Gasteiger partial charge in [0.1, 0.15) is 0 Å². The second-order valence-corrected chi connectivity index (χ2v) is 7.44. The molecule has 0 heteroatoms. The van der Waals surface area contributed by atoms with Gasteiger partial charge in [0.25, 0.3) is 0 Å². The third kappa shape index (κ3) is 1.96. The molecule has 19 heavy (non-hydrogen) atoms. The molecule has 4 fully saturated rings. The highest BCUT2D eigenvalue weighted by molar-refractivity contribution is 5.54. The molecule has 0 nitrogen and oxygen atoms in total. The number of hydrogen-bond donors (Lipinski definition) is 0. The lowest BCUT2D eigenvalue weighted by Gasteiger charge is -2.57. The summed E-state index contributed by atoms with van der Waals surface area (Å²) in [6.07, 6.45) is 11.5. The zero-order chi connectivity index (χ0) is 12.9. The summed E-state index contributed by atoms with van der Waals surface area (Å²) >= 11 is 0. The number of benzene rings is 1. The molecule has 5 rings (SSSR count). The first-order valence-corrected chi connectivity index (χ1v) is 7.97. The van der Waals surface area contributed by atoms with Gasteiger partial charge in [0, 0.05) is 0 Å². The summed E-state index contributed by atoms with van der Waals surface area (Å²) in [5.41, 5.74) is 3.62. The van der Waals surface area contributed by atoms with Gasteiger partial charge in [-0.25, -0.2) is 0 Å². The van der Waals surface area contributed by atoms with E-state index in [1.807, 2.05) is 0 Å². The van der Waals surface area contributed by atoms with Gasteiger partial charge in [-0.15, -0.1) is 0 Å². The quantitative estimate of drug-likeness (QED) is 0.669. The second-order valence-electron chi connectivity index (χ2n) is 7.44. The highest BCUT2D eigenvalue weighted by atomic mass is 14.6. The Morgan fingerprint density at radius 2 is 1.47 bits per heavy atom. The Morgan fingerprint density at radius 3 is 2.00 bits per heavy atom. The summed E-state index contributed by atoms with van der Waals surface area (Å²) in [7, 11) is 0. The van der Waals surface area contributed by atoms with E-state index in [1.165, 1.54) is 44.1 Å². The van der Waals surface area contributed by atoms with Crippen molar-refractivity contribution in [2.45, 2.75) is 45.4 Å². The zero-order valence-electron chi connectivity index (χ0n) is 11.9. The van der Waals surface area contributed by atoms with Crippen molar-refractivity contribution in [3.63, 3.8) is 0 Å². The summed E-state index contributed by atoms with van der Waals surface area (Å²) in [6.45, 7) is 2.40. The fourth-order valence-corrected chi connectivity index (χ4v) is 5.55. The van der Waals surface area contributed by atoms with E-state index < -0.39 is 0 Å². The van der Waals surface area contributed by atoms with Crippen LogP contribution in [0.5, 0.6) is 0 Å². The van der Waals surface area contributed by atoms with Crippen molar-refractivity contribution in [1.29, 1.82) is 0 Å². The average Bonchev–Trinajstić information content (AvgIpc) is 2.38. The van der Waals surface area contributed by atoms with Crippen LogP contribution in [-0.2, 0) is 0 Å². The maximum absolute atomic E-state index is 2.47. The average molecular weight is 252 g/mol. The van der Waals surface area contributed by atoms with Gasteiger partial charge in [0.05, 0.1) is 0 Å². The molecule has 4 bridgehead atoms. The predicted molar refractivity (Wildman–Crippen MR) is 80.7 cm³/mol. The second kappa shape index (κ2) is 4.23. The molecule has 1 aromatic rings. The normalized spacial score (nSPS) is 40.7. The van der Waals surface area contributed by atoms with E-state index >= 15 is 0 Å². The van der Waals surface area contributed by atoms with E-state index in [-0.39, 0.29) is 0 Å². The van der Waals surface area contributed by atoms with Crippen molar-refractivity contribution in [2.24, 2.45) is 23.2 Å². The summed E-state index contributed by atoms with van der Waals surface area (Å²) in [6, 6.07) is 10.9. The van der Waals surface area contributed by atoms with Crippen LogP contribution >= 0.6 is 0 Å². The Morgan fingerprint density at radius 1 is 0.947 bits per heavy atom. The van der Waals surface area contributed by atoms with Crippen molar-refractivity contribution in [3.8, 4) is 0 Å². The molecule has 0 unspecified atom stereocenters. The maximum atomic E-state index is 2.47. The molecule has 4 saturated carbocycles. The molecule has 0 aliphatic heterocycles. The molecule has 0 spiro atoms. The van der Waals surface area contributed by atoms with Crippen LogP contribution in [-0.4, -0.2) is 0 Å². The van der Waals surface area contributed by atoms with Gasteiger partial charge in [0.15, 0.2) is 0 Å². The monoisotopic (exact) mass is 252 g/mol. The number of allylic oxidation sites excluding steroid dienone is 1. The van der Waals surface area contributed by atoms with Crippen LogP contribution in [0, 0.1) is 23.2 Å². The van der Waals surface area contributed by atoms with E-state index in [0.29, 0.717) is 5.41 Å². The predicted octanol–water partition coefficient (Wildman–Crippen LogP) is 5.31. The van der Waals surface area contributed by atoms with E-state index in [0.717, 1.165) is 17.8 Å². The number of hydrogen-bond acceptors (Lipinski definition) is 0. The molecular weight excluding hydrogens is 228 g/mol. The summed E-state index contributed by atoms with van der Waals surface area (Å²) in [4.78, 5) is 0. The molecule has 4 aliphatic carbocycles. The Kier molecular flexibility index (Phi) is 2.62. The van der Waals surface area contributed by atoms with E-state index in [4.69, 9.17) is 0 Å². The molecule has 0 amide bonds. The lowest BCUT2D eigenvalue weighted by Crippen LogP contribution is -2.46. The molecule has 0 radical (unpaired) electrons. The van der Waals surface area contributed by atoms with Gasteiger partial charge >= 0.3 is 0 Å². The molecule has 0 saturated heterocycles. The third-order valence-electron chi connectivity index (χ3n) is 6.06. The van der Waals surface area contributed by atoms with E-state index in [9.17, 15) is 0 Å². The van der Waals surface area contributed by atoms with Crippen LogP contribution < -0.4 is 0 Å². The minimum Gasteiger partial charge on any atom is -0.0665 e. The molecular formula is C19H24. The smallest absolute Gasteiger partial charge is 0.00796 e. The third-order valence-corrected chi connectivity index (χ3v) is 6.06. The number of rotatable bonds is 2. The molecule has 0 N–H and O–H groups in total. The van der Waals surface area contributed by atoms with Crippen LogP contribution in [0.15, 0.2) is 35.9 Å². The van der Waals surface area contributed by atoms with Gasteiger partial charge < -0.3 is 0 Å². The largest absolute Gasteiger partial charge is 0.0665 e. The zero-order valence-corrected chi connectivity index (χ0v) is 11.9. The molecule has 0 atom stereocenters. The molecule has 100 valence electrons. The van der Waals surface area contributed by atoms with Gasteiger partial charge in [0.2, 0.25) is 0 Å². The van der Waals surface area contributed by atoms with Crippen LogP contribution in [0.4, 0.5) is 0 Å². The van der Waals surface area contributed by atoms with Gasteiger partial charge in [-0.2, -0.15) is 0 Å². The van der Waals surface area contributed by atoms with Crippen LogP contribution in [0.1, 0.15) is 51.0 Å². The van der Waals surface area contributed by atoms with Crippen LogP contribution in [0.2, 0.25) is 0 Å². The maximum Gasteiger partial charge on any atom is -0.00796 e. The summed E-state index contributed by atoms with van der Waals surface area (Å²) in [5, 5.41) is 0.